The van der Waals surface area contributed by atoms with Gasteiger partial charge in [0.15, 0.2) is 0 Å². The summed E-state index contributed by atoms with van der Waals surface area (Å²) in [4.78, 5) is 4.05. The van der Waals surface area contributed by atoms with Crippen molar-refractivity contribution in [2.24, 2.45) is 5.92 Å². The van der Waals surface area contributed by atoms with E-state index in [1.165, 1.54) is 12.3 Å². The third kappa shape index (κ3) is 3.63. The molecule has 1 unspecified atom stereocenters. The Morgan fingerprint density at radius 1 is 1.41 bits per heavy atom. The Hall–Kier alpha value is -1.22. The van der Waals surface area contributed by atoms with E-state index in [4.69, 9.17) is 0 Å². The van der Waals surface area contributed by atoms with E-state index in [-0.39, 0.29) is 18.3 Å². The minimum atomic E-state index is -0.323. The highest BCUT2D eigenvalue weighted by molar-refractivity contribution is 5.65. The van der Waals surface area contributed by atoms with Crippen LogP contribution in [0.3, 0.4) is 0 Å². The van der Waals surface area contributed by atoms with Crippen molar-refractivity contribution in [1.29, 1.82) is 0 Å². The highest BCUT2D eigenvalue weighted by Gasteiger charge is 2.18. The second-order valence-corrected chi connectivity index (χ2v) is 3.83. The third-order valence-electron chi connectivity index (χ3n) is 2.80. The van der Waals surface area contributed by atoms with Gasteiger partial charge in [0.2, 0.25) is 0 Å². The van der Waals surface area contributed by atoms with Crippen molar-refractivity contribution < 1.29 is 9.50 Å². The summed E-state index contributed by atoms with van der Waals surface area (Å²) in [7, 11) is 0. The maximum absolute atomic E-state index is 12.7. The Labute approximate surface area is 102 Å². The van der Waals surface area contributed by atoms with Crippen molar-refractivity contribution >= 4 is 5.57 Å². The van der Waals surface area contributed by atoms with Gasteiger partial charge in [-0.3, -0.25) is 4.98 Å². The summed E-state index contributed by atoms with van der Waals surface area (Å²) in [6.07, 6.45) is 6.44. The van der Waals surface area contributed by atoms with E-state index in [1.54, 1.807) is 6.07 Å². The van der Waals surface area contributed by atoms with Crippen molar-refractivity contribution in [2.75, 3.05) is 6.61 Å². The van der Waals surface area contributed by atoms with Crippen LogP contribution in [0.25, 0.3) is 5.57 Å². The summed E-state index contributed by atoms with van der Waals surface area (Å²) in [6, 6.07) is 3.08. The molecule has 0 aliphatic heterocycles. The van der Waals surface area contributed by atoms with Gasteiger partial charge in [-0.25, -0.2) is 4.39 Å². The molecule has 0 saturated carbocycles. The molecular formula is C14H20FNO. The van der Waals surface area contributed by atoms with Crippen LogP contribution >= 0.6 is 0 Å². The first kappa shape index (κ1) is 13.8. The van der Waals surface area contributed by atoms with Gasteiger partial charge in [-0.05, 0) is 37.0 Å². The predicted octanol–water partition coefficient (Wildman–Crippen LogP) is 3.42. The highest BCUT2D eigenvalue weighted by atomic mass is 19.1. The van der Waals surface area contributed by atoms with Gasteiger partial charge in [-0.1, -0.05) is 19.9 Å². The Kier molecular flexibility index (Phi) is 5.84. The van der Waals surface area contributed by atoms with Gasteiger partial charge < -0.3 is 5.11 Å². The fourth-order valence-electron chi connectivity index (χ4n) is 1.99. The Morgan fingerprint density at radius 2 is 2.18 bits per heavy atom. The lowest BCUT2D eigenvalue weighted by molar-refractivity contribution is 0.246. The van der Waals surface area contributed by atoms with Crippen molar-refractivity contribution in [2.45, 2.75) is 33.1 Å². The molecule has 0 aromatic carbocycles. The molecule has 2 nitrogen and oxygen atoms in total. The number of hydrogen-bond acceptors (Lipinski definition) is 2. The average Bonchev–Trinajstić information content (AvgIpc) is 2.42. The van der Waals surface area contributed by atoms with Crippen LogP contribution in [-0.2, 0) is 0 Å². The normalized spacial score (nSPS) is 19.1. The van der Waals surface area contributed by atoms with Crippen molar-refractivity contribution in [3.63, 3.8) is 0 Å². The number of nitrogens with zero attached hydrogens (tertiary/aromatic N) is 1. The number of pyridine rings is 1. The number of aliphatic hydroxyl groups is 1. The lowest BCUT2D eigenvalue weighted by Crippen LogP contribution is -2.12. The molecule has 1 aromatic heterocycles. The van der Waals surface area contributed by atoms with Crippen LogP contribution in [0.15, 0.2) is 24.4 Å². The largest absolute Gasteiger partial charge is 0.396 e. The molecule has 1 aliphatic carbocycles. The van der Waals surface area contributed by atoms with Gasteiger partial charge in [0.1, 0.15) is 5.82 Å². The predicted molar refractivity (Wildman–Crippen MR) is 67.9 cm³/mol. The first-order valence-corrected chi connectivity index (χ1v) is 6.24. The van der Waals surface area contributed by atoms with Crippen LogP contribution in [0.2, 0.25) is 0 Å². The van der Waals surface area contributed by atoms with Crippen LogP contribution in [-0.4, -0.2) is 16.7 Å². The summed E-state index contributed by atoms with van der Waals surface area (Å²) in [5.41, 5.74) is 1.85. The fraction of sp³-hybridized carbons (Fsp3) is 0.500. The Balaban J connectivity index is 0.000000686. The lowest BCUT2D eigenvalue weighted by atomic mass is 9.86. The van der Waals surface area contributed by atoms with Crippen LogP contribution in [0, 0.1) is 11.7 Å². The number of rotatable bonds is 2. The molecule has 0 spiro atoms. The third-order valence-corrected chi connectivity index (χ3v) is 2.80. The molecule has 0 bridgehead atoms. The Bertz CT molecular complexity index is 359. The van der Waals surface area contributed by atoms with Gasteiger partial charge in [0, 0.05) is 12.5 Å². The van der Waals surface area contributed by atoms with Crippen LogP contribution < -0.4 is 0 Å². The molecule has 94 valence electrons. The van der Waals surface area contributed by atoms with E-state index in [0.29, 0.717) is 0 Å². The molecule has 1 aromatic rings. The lowest BCUT2D eigenvalue weighted by Gasteiger charge is -2.21. The summed E-state index contributed by atoms with van der Waals surface area (Å²) >= 11 is 0. The minimum absolute atomic E-state index is 0.144. The van der Waals surface area contributed by atoms with Gasteiger partial charge in [0.05, 0.1) is 11.9 Å². The summed E-state index contributed by atoms with van der Waals surface area (Å²) in [5.74, 6) is -0.160. The van der Waals surface area contributed by atoms with Gasteiger partial charge >= 0.3 is 0 Å². The van der Waals surface area contributed by atoms with Crippen LogP contribution in [0.1, 0.15) is 38.8 Å². The monoisotopic (exact) mass is 237 g/mol. The second kappa shape index (κ2) is 7.17. The van der Waals surface area contributed by atoms with Gasteiger partial charge in [-0.15, -0.1) is 0 Å². The molecule has 0 fully saturated rings. The molecule has 17 heavy (non-hydrogen) atoms. The summed E-state index contributed by atoms with van der Waals surface area (Å²) in [5, 5.41) is 9.23. The fourth-order valence-corrected chi connectivity index (χ4v) is 1.99. The molecule has 1 N–H and O–H groups in total. The molecule has 0 amide bonds. The minimum Gasteiger partial charge on any atom is -0.396 e. The van der Waals surface area contributed by atoms with E-state index in [0.717, 1.165) is 30.5 Å². The number of hydrogen-bond donors (Lipinski definition) is 1. The molecule has 0 radical (unpaired) electrons. The molecule has 0 saturated heterocycles. The van der Waals surface area contributed by atoms with Crippen molar-refractivity contribution in [1.82, 2.24) is 4.98 Å². The van der Waals surface area contributed by atoms with E-state index in [1.807, 2.05) is 13.8 Å². The molecule has 1 aliphatic rings. The van der Waals surface area contributed by atoms with E-state index < -0.39 is 0 Å². The molecule has 2 rings (SSSR count). The first-order valence-electron chi connectivity index (χ1n) is 6.24. The number of aromatic nitrogens is 1. The molecular weight excluding hydrogens is 217 g/mol. The zero-order valence-electron chi connectivity index (χ0n) is 10.5. The first-order chi connectivity index (χ1) is 8.31. The highest BCUT2D eigenvalue weighted by Crippen LogP contribution is 2.30. The van der Waals surface area contributed by atoms with Crippen LogP contribution in [0.4, 0.5) is 4.39 Å². The maximum Gasteiger partial charge on any atom is 0.141 e. The average molecular weight is 237 g/mol. The van der Waals surface area contributed by atoms with Gasteiger partial charge in [0.25, 0.3) is 0 Å². The second-order valence-electron chi connectivity index (χ2n) is 3.83. The number of halogens is 1. The summed E-state index contributed by atoms with van der Waals surface area (Å²) < 4.78 is 12.7. The summed E-state index contributed by atoms with van der Waals surface area (Å²) in [6.45, 7) is 4.14. The zero-order valence-corrected chi connectivity index (χ0v) is 10.5. The number of allylic oxidation sites excluding steroid dienone is 1. The van der Waals surface area contributed by atoms with E-state index in [2.05, 4.69) is 11.1 Å². The van der Waals surface area contributed by atoms with Crippen molar-refractivity contribution in [3.05, 3.63) is 35.9 Å². The quantitative estimate of drug-likeness (QED) is 0.855. The standard InChI is InChI=1S/C12H14FNO.C2H6/c13-10-5-6-12(14-7-10)11-4-2-1-3-9(11)8-15;1-2/h4-7,9,15H,1-3,8H2;1-2H3. The number of aliphatic hydroxyl groups excluding tert-OH is 1. The zero-order chi connectivity index (χ0) is 12.7. The van der Waals surface area contributed by atoms with E-state index in [9.17, 15) is 9.50 Å². The van der Waals surface area contributed by atoms with E-state index >= 15 is 0 Å². The topological polar surface area (TPSA) is 33.1 Å². The SMILES string of the molecule is CC.OCC1CCCC=C1c1ccc(F)cn1. The molecule has 1 heterocycles. The molecule has 1 atom stereocenters. The Morgan fingerprint density at radius 3 is 2.76 bits per heavy atom. The van der Waals surface area contributed by atoms with Crippen LogP contribution in [0.5, 0.6) is 0 Å². The van der Waals surface area contributed by atoms with Crippen molar-refractivity contribution in [3.8, 4) is 0 Å². The molecule has 3 heteroatoms. The maximum atomic E-state index is 12.7. The smallest absolute Gasteiger partial charge is 0.141 e. The van der Waals surface area contributed by atoms with Gasteiger partial charge in [-0.2, -0.15) is 0 Å².